The summed E-state index contributed by atoms with van der Waals surface area (Å²) in [4.78, 5) is 20.5. The number of aryl methyl sites for hydroxylation is 1. The van der Waals surface area contributed by atoms with Gasteiger partial charge in [-0.2, -0.15) is 0 Å². The molecule has 3 rings (SSSR count). The van der Waals surface area contributed by atoms with E-state index in [-0.39, 0.29) is 24.6 Å². The number of ketones is 1. The minimum Gasteiger partial charge on any atom is -0.382 e. The van der Waals surface area contributed by atoms with Crippen LogP contribution < -0.4 is 11.1 Å². The lowest BCUT2D eigenvalue weighted by Gasteiger charge is -2.10. The van der Waals surface area contributed by atoms with Crippen molar-refractivity contribution in [2.24, 2.45) is 0 Å². The highest BCUT2D eigenvalue weighted by molar-refractivity contribution is 5.95. The van der Waals surface area contributed by atoms with Gasteiger partial charge in [-0.3, -0.25) is 9.78 Å². The molecule has 0 bridgehead atoms. The van der Waals surface area contributed by atoms with Gasteiger partial charge < -0.3 is 11.1 Å². The first-order valence-corrected chi connectivity index (χ1v) is 8.20. The lowest BCUT2D eigenvalue weighted by molar-refractivity contribution is 0.0988. The molecule has 2 heterocycles. The number of nitrogens with one attached hydrogen (secondary N) is 1. The summed E-state index contributed by atoms with van der Waals surface area (Å²) < 4.78 is 14.1. The van der Waals surface area contributed by atoms with Gasteiger partial charge in [-0.25, -0.2) is 9.37 Å². The summed E-state index contributed by atoms with van der Waals surface area (Å²) in [6.07, 6.45) is 3.41. The first-order chi connectivity index (χ1) is 12.5. The quantitative estimate of drug-likeness (QED) is 0.665. The molecule has 2 aromatic heterocycles. The number of aromatic nitrogens is 2. The second-order valence-corrected chi connectivity index (χ2v) is 6.04. The Morgan fingerprint density at radius 1 is 1.19 bits per heavy atom. The van der Waals surface area contributed by atoms with Crippen LogP contribution in [-0.2, 0) is 13.0 Å². The van der Waals surface area contributed by atoms with E-state index in [1.807, 2.05) is 13.0 Å². The summed E-state index contributed by atoms with van der Waals surface area (Å²) in [5.74, 6) is -0.0960. The van der Waals surface area contributed by atoms with E-state index in [2.05, 4.69) is 15.3 Å². The number of rotatable bonds is 6. The third-order valence-electron chi connectivity index (χ3n) is 3.98. The first-order valence-electron chi connectivity index (χ1n) is 8.20. The maximum atomic E-state index is 14.1. The van der Waals surface area contributed by atoms with Crippen molar-refractivity contribution >= 4 is 17.3 Å². The number of hydrogen-bond acceptors (Lipinski definition) is 5. The first kappa shape index (κ1) is 17.5. The molecule has 0 radical (unpaired) electrons. The predicted molar refractivity (Wildman–Crippen MR) is 99.4 cm³/mol. The fourth-order valence-electron chi connectivity index (χ4n) is 2.54. The van der Waals surface area contributed by atoms with E-state index in [0.717, 1.165) is 11.1 Å². The van der Waals surface area contributed by atoms with Crippen LogP contribution >= 0.6 is 0 Å². The molecule has 0 saturated carbocycles. The Bertz CT molecular complexity index is 925. The van der Waals surface area contributed by atoms with Gasteiger partial charge in [0.05, 0.1) is 5.69 Å². The molecule has 3 N–H and O–H groups in total. The standard InChI is InChI=1S/C20H19FN4O/c1-13-4-7-17(24-11-13)19(26)10-14-5-6-16(21)15(9-14)12-25-18-3-2-8-23-20(18)22/h2-9,11,25H,10,12H2,1H3,(H2,22,23). The fraction of sp³-hybridized carbons (Fsp3) is 0.150. The molecule has 132 valence electrons. The zero-order chi connectivity index (χ0) is 18.5. The zero-order valence-corrected chi connectivity index (χ0v) is 14.4. The minimum atomic E-state index is -0.343. The van der Waals surface area contributed by atoms with Crippen molar-refractivity contribution in [2.75, 3.05) is 11.1 Å². The van der Waals surface area contributed by atoms with Crippen LogP contribution in [0.15, 0.2) is 54.9 Å². The Labute approximate surface area is 151 Å². The average molecular weight is 350 g/mol. The van der Waals surface area contributed by atoms with E-state index in [9.17, 15) is 9.18 Å². The number of halogens is 1. The third-order valence-corrected chi connectivity index (χ3v) is 3.98. The number of nitrogens with zero attached hydrogens (tertiary/aromatic N) is 2. The Morgan fingerprint density at radius 3 is 2.77 bits per heavy atom. The second kappa shape index (κ2) is 7.74. The van der Waals surface area contributed by atoms with E-state index < -0.39 is 0 Å². The average Bonchev–Trinajstić information content (AvgIpc) is 2.64. The summed E-state index contributed by atoms with van der Waals surface area (Å²) >= 11 is 0. The summed E-state index contributed by atoms with van der Waals surface area (Å²) in [5, 5.41) is 3.06. The highest BCUT2D eigenvalue weighted by Crippen LogP contribution is 2.18. The number of nitrogen functional groups attached to an aromatic ring is 1. The molecule has 0 aliphatic carbocycles. The van der Waals surface area contributed by atoms with Crippen LogP contribution in [0.5, 0.6) is 0 Å². The van der Waals surface area contributed by atoms with Crippen molar-refractivity contribution in [3.05, 3.63) is 83.1 Å². The molecule has 0 spiro atoms. The number of nitrogens with two attached hydrogens (primary N) is 1. The molecule has 26 heavy (non-hydrogen) atoms. The van der Waals surface area contributed by atoms with E-state index in [0.29, 0.717) is 22.8 Å². The lowest BCUT2D eigenvalue weighted by Crippen LogP contribution is -2.08. The van der Waals surface area contributed by atoms with Crippen LogP contribution in [-0.4, -0.2) is 15.8 Å². The van der Waals surface area contributed by atoms with Gasteiger partial charge in [-0.15, -0.1) is 0 Å². The Morgan fingerprint density at radius 2 is 2.04 bits per heavy atom. The molecule has 0 aliphatic heterocycles. The van der Waals surface area contributed by atoms with Crippen molar-refractivity contribution in [3.8, 4) is 0 Å². The molecule has 5 nitrogen and oxygen atoms in total. The smallest absolute Gasteiger partial charge is 0.185 e. The van der Waals surface area contributed by atoms with Gasteiger partial charge in [0, 0.05) is 30.9 Å². The molecule has 0 amide bonds. The molecule has 6 heteroatoms. The summed E-state index contributed by atoms with van der Waals surface area (Å²) in [6.45, 7) is 2.15. The molecule has 0 fully saturated rings. The number of anilines is 2. The highest BCUT2D eigenvalue weighted by atomic mass is 19.1. The minimum absolute atomic E-state index is 0.105. The number of pyridine rings is 2. The monoisotopic (exact) mass is 350 g/mol. The molecule has 0 unspecified atom stereocenters. The number of benzene rings is 1. The van der Waals surface area contributed by atoms with E-state index >= 15 is 0 Å². The number of carbonyl (C=O) groups excluding carboxylic acids is 1. The maximum Gasteiger partial charge on any atom is 0.185 e. The van der Waals surface area contributed by atoms with Gasteiger partial charge in [0.25, 0.3) is 0 Å². The molecule has 1 aromatic carbocycles. The highest BCUT2D eigenvalue weighted by Gasteiger charge is 2.11. The van der Waals surface area contributed by atoms with E-state index in [4.69, 9.17) is 5.73 Å². The normalized spacial score (nSPS) is 10.5. The van der Waals surface area contributed by atoms with Crippen LogP contribution in [0.25, 0.3) is 0 Å². The van der Waals surface area contributed by atoms with E-state index in [1.54, 1.807) is 42.7 Å². The topological polar surface area (TPSA) is 80.9 Å². The van der Waals surface area contributed by atoms with Crippen LogP contribution in [0.3, 0.4) is 0 Å². The maximum absolute atomic E-state index is 14.1. The second-order valence-electron chi connectivity index (χ2n) is 6.04. The molecule has 0 saturated heterocycles. The van der Waals surface area contributed by atoms with Crippen molar-refractivity contribution < 1.29 is 9.18 Å². The van der Waals surface area contributed by atoms with Crippen molar-refractivity contribution in [1.82, 2.24) is 9.97 Å². The number of hydrogen-bond donors (Lipinski definition) is 2. The molecule has 0 aliphatic rings. The number of Topliss-reactive ketones (excluding diaryl/α,β-unsaturated/α-hetero) is 1. The molecular weight excluding hydrogens is 331 g/mol. The van der Waals surface area contributed by atoms with Crippen molar-refractivity contribution in [1.29, 1.82) is 0 Å². The van der Waals surface area contributed by atoms with Gasteiger partial charge >= 0.3 is 0 Å². The number of carbonyl (C=O) groups is 1. The molecular formula is C20H19FN4O. The third kappa shape index (κ3) is 4.22. The van der Waals surface area contributed by atoms with Gasteiger partial charge in [-0.05, 0) is 42.3 Å². The lowest BCUT2D eigenvalue weighted by atomic mass is 10.0. The largest absolute Gasteiger partial charge is 0.382 e. The SMILES string of the molecule is Cc1ccc(C(=O)Cc2ccc(F)c(CNc3cccnc3N)c2)nc1. The van der Waals surface area contributed by atoms with Crippen molar-refractivity contribution in [3.63, 3.8) is 0 Å². The summed E-state index contributed by atoms with van der Waals surface area (Å²) in [7, 11) is 0. The van der Waals surface area contributed by atoms with E-state index in [1.165, 1.54) is 6.07 Å². The van der Waals surface area contributed by atoms with Gasteiger partial charge in [0.2, 0.25) is 0 Å². The molecule has 0 atom stereocenters. The van der Waals surface area contributed by atoms with Gasteiger partial charge in [-0.1, -0.05) is 18.2 Å². The van der Waals surface area contributed by atoms with Crippen LogP contribution in [0.2, 0.25) is 0 Å². The zero-order valence-electron chi connectivity index (χ0n) is 14.4. The van der Waals surface area contributed by atoms with Crippen LogP contribution in [0.4, 0.5) is 15.9 Å². The fourth-order valence-corrected chi connectivity index (χ4v) is 2.54. The molecule has 3 aromatic rings. The summed E-state index contributed by atoms with van der Waals surface area (Å²) in [6, 6.07) is 11.7. The van der Waals surface area contributed by atoms with Crippen molar-refractivity contribution in [2.45, 2.75) is 19.9 Å². The van der Waals surface area contributed by atoms with Gasteiger partial charge in [0.15, 0.2) is 5.78 Å². The van der Waals surface area contributed by atoms with Crippen LogP contribution in [0, 0.1) is 12.7 Å². The predicted octanol–water partition coefficient (Wildman–Crippen LogP) is 3.54. The Kier molecular flexibility index (Phi) is 5.22. The van der Waals surface area contributed by atoms with Crippen LogP contribution in [0.1, 0.15) is 27.2 Å². The van der Waals surface area contributed by atoms with Gasteiger partial charge in [0.1, 0.15) is 17.3 Å². The Balaban J connectivity index is 1.72. The summed E-state index contributed by atoms with van der Waals surface area (Å²) in [5.41, 5.74) is 8.99. The Hall–Kier alpha value is -3.28.